The van der Waals surface area contributed by atoms with Crippen molar-refractivity contribution in [1.82, 2.24) is 20.2 Å². The van der Waals surface area contributed by atoms with Crippen molar-refractivity contribution in [3.8, 4) is 0 Å². The Morgan fingerprint density at radius 3 is 1.87 bits per heavy atom. The van der Waals surface area contributed by atoms with Crippen LogP contribution in [0.3, 0.4) is 0 Å². The van der Waals surface area contributed by atoms with Crippen molar-refractivity contribution in [3.63, 3.8) is 0 Å². The van der Waals surface area contributed by atoms with Crippen molar-refractivity contribution in [3.05, 3.63) is 120 Å². The lowest BCUT2D eigenvalue weighted by atomic mass is 10.1. The fourth-order valence-electron chi connectivity index (χ4n) is 4.68. The van der Waals surface area contributed by atoms with Gasteiger partial charge in [0.1, 0.15) is 18.4 Å². The lowest BCUT2D eigenvalue weighted by Gasteiger charge is -2.22. The fourth-order valence-corrected chi connectivity index (χ4v) is 4.68. The average molecular weight is 630 g/mol. The van der Waals surface area contributed by atoms with Gasteiger partial charge in [0, 0.05) is 13.1 Å². The average Bonchev–Trinajstić information content (AvgIpc) is 3.58. The molecule has 2 N–H and O–H groups in total. The van der Waals surface area contributed by atoms with E-state index in [1.165, 1.54) is 0 Å². The summed E-state index contributed by atoms with van der Waals surface area (Å²) in [5, 5.41) is 34.9. The largest absolute Gasteiger partial charge is 0.350 e. The number of rotatable bonds is 16. The lowest BCUT2D eigenvalue weighted by molar-refractivity contribution is -0.799. The van der Waals surface area contributed by atoms with Gasteiger partial charge in [-0.05, 0) is 24.0 Å². The van der Waals surface area contributed by atoms with Crippen molar-refractivity contribution >= 4 is 11.8 Å². The maximum atomic E-state index is 13.5. The summed E-state index contributed by atoms with van der Waals surface area (Å²) in [5.74, 6) is -1.61. The van der Waals surface area contributed by atoms with Gasteiger partial charge < -0.3 is 29.9 Å². The number of carbonyl (C=O) groups excluding carboxylic acids is 2. The van der Waals surface area contributed by atoms with Crippen LogP contribution in [0.4, 0.5) is 0 Å². The molecule has 2 aromatic carbocycles. The van der Waals surface area contributed by atoms with Crippen LogP contribution in [0.5, 0.6) is 0 Å². The summed E-state index contributed by atoms with van der Waals surface area (Å²) in [6, 6.07) is 18.4. The third kappa shape index (κ3) is 8.60. The summed E-state index contributed by atoms with van der Waals surface area (Å²) in [6.07, 6.45) is -5.47. The zero-order chi connectivity index (χ0) is 32.3. The summed E-state index contributed by atoms with van der Waals surface area (Å²) in [5.41, 5.74) is 1.02. The highest BCUT2D eigenvalue weighted by Crippen LogP contribution is 2.35. The van der Waals surface area contributed by atoms with E-state index in [1.807, 2.05) is 60.7 Å². The van der Waals surface area contributed by atoms with Gasteiger partial charge in [-0.1, -0.05) is 60.7 Å². The number of hydrogen-bond acceptors (Lipinski definition) is 13. The number of ether oxygens (including phenoxy) is 1. The van der Waals surface area contributed by atoms with Crippen LogP contribution in [0.15, 0.2) is 67.0 Å². The first kappa shape index (κ1) is 32.1. The van der Waals surface area contributed by atoms with Crippen molar-refractivity contribution in [2.45, 2.75) is 37.4 Å². The van der Waals surface area contributed by atoms with Crippen LogP contribution in [-0.2, 0) is 32.1 Å². The monoisotopic (exact) mass is 629 g/mol. The van der Waals surface area contributed by atoms with E-state index < -0.39 is 63.9 Å². The van der Waals surface area contributed by atoms with E-state index in [0.29, 0.717) is 12.8 Å². The van der Waals surface area contributed by atoms with Gasteiger partial charge in [-0.3, -0.25) is 14.2 Å². The van der Waals surface area contributed by atoms with Crippen molar-refractivity contribution in [2.75, 3.05) is 19.7 Å². The molecule has 1 aliphatic rings. The smallest absolute Gasteiger partial charge is 0.295 e. The predicted molar refractivity (Wildman–Crippen MR) is 148 cm³/mol. The third-order valence-corrected chi connectivity index (χ3v) is 6.63. The summed E-state index contributed by atoms with van der Waals surface area (Å²) in [6.45, 7) is -0.674. The fraction of sp³-hybridized carbons (Fsp3) is 0.346. The summed E-state index contributed by atoms with van der Waals surface area (Å²) in [7, 11) is 0. The summed E-state index contributed by atoms with van der Waals surface area (Å²) < 4.78 is 6.56. The highest BCUT2D eigenvalue weighted by atomic mass is 17.0. The number of aromatic nitrogens is 2. The number of nitrogens with zero attached hydrogens (tertiary/aromatic N) is 5. The van der Waals surface area contributed by atoms with E-state index >= 15 is 0 Å². The van der Waals surface area contributed by atoms with Crippen molar-refractivity contribution < 1.29 is 44.1 Å². The van der Waals surface area contributed by atoms with E-state index in [9.17, 15) is 39.9 Å². The first-order chi connectivity index (χ1) is 21.6. The second kappa shape index (κ2) is 15.0. The van der Waals surface area contributed by atoms with Gasteiger partial charge in [0.15, 0.2) is 24.1 Å². The summed E-state index contributed by atoms with van der Waals surface area (Å²) in [4.78, 5) is 77.7. The molecule has 0 bridgehead atoms. The molecule has 1 aromatic heterocycles. The lowest BCUT2D eigenvalue weighted by Crippen LogP contribution is -2.41. The molecule has 1 saturated heterocycles. The Labute approximate surface area is 253 Å². The van der Waals surface area contributed by atoms with Gasteiger partial charge in [-0.2, -0.15) is 0 Å². The van der Waals surface area contributed by atoms with E-state index in [0.717, 1.165) is 22.0 Å². The van der Waals surface area contributed by atoms with E-state index in [-0.39, 0.29) is 18.8 Å². The van der Waals surface area contributed by atoms with Crippen molar-refractivity contribution in [1.29, 1.82) is 0 Å². The van der Waals surface area contributed by atoms with Crippen LogP contribution >= 0.6 is 0 Å². The molecule has 2 amide bonds. The number of benzene rings is 2. The SMILES string of the molecule is O=C(NCCc1ccccc1)c1ncn([C@@H]2O[C@H](CO[N+](=O)[O-])[C@@H](O[N+](=O)[O-])[C@H]2O[N+](=O)[O-])c1C(=O)NCCc1ccccc1. The molecular weight excluding hydrogens is 602 g/mol. The van der Waals surface area contributed by atoms with Crippen LogP contribution in [0.1, 0.15) is 38.3 Å². The topological polar surface area (TPSA) is 242 Å². The second-order valence-corrected chi connectivity index (χ2v) is 9.50. The summed E-state index contributed by atoms with van der Waals surface area (Å²) >= 11 is 0. The Kier molecular flexibility index (Phi) is 10.7. The molecule has 0 spiro atoms. The van der Waals surface area contributed by atoms with Crippen LogP contribution in [-0.4, -0.2) is 74.6 Å². The first-order valence-electron chi connectivity index (χ1n) is 13.4. The molecule has 1 aliphatic heterocycles. The maximum absolute atomic E-state index is 13.5. The molecule has 4 atom stereocenters. The van der Waals surface area contributed by atoms with Crippen LogP contribution in [0.25, 0.3) is 0 Å². The maximum Gasteiger partial charge on any atom is 0.295 e. The second-order valence-electron chi connectivity index (χ2n) is 9.50. The quantitative estimate of drug-likeness (QED) is 0.167. The zero-order valence-electron chi connectivity index (χ0n) is 23.3. The first-order valence-corrected chi connectivity index (χ1v) is 13.4. The minimum absolute atomic E-state index is 0.107. The molecule has 0 aliphatic carbocycles. The van der Waals surface area contributed by atoms with Crippen LogP contribution in [0, 0.1) is 30.3 Å². The zero-order valence-corrected chi connectivity index (χ0v) is 23.3. The van der Waals surface area contributed by atoms with E-state index in [4.69, 9.17) is 4.74 Å². The highest BCUT2D eigenvalue weighted by Gasteiger charge is 2.52. The molecule has 238 valence electrons. The third-order valence-electron chi connectivity index (χ3n) is 6.63. The minimum Gasteiger partial charge on any atom is -0.350 e. The normalized spacial score (nSPS) is 18.8. The van der Waals surface area contributed by atoms with Gasteiger partial charge in [-0.25, -0.2) is 4.98 Å². The molecule has 19 heteroatoms. The molecule has 45 heavy (non-hydrogen) atoms. The molecule has 19 nitrogen and oxygen atoms in total. The Balaban J connectivity index is 1.64. The molecule has 1 fully saturated rings. The standard InChI is InChI=1S/C26H27N7O12/c34-24(27-13-11-17-7-3-1-4-8-17)20-21(25(35)28-14-12-18-9-5-2-6-10-18)30(16-29-20)26-23(45-33(40)41)22(44-32(38)39)19(43-26)15-42-31(36)37/h1-10,16,19,22-23,26H,11-15H2,(H,27,34)(H,28,35)/t19-,22-,23-,26-/m1/s1. The van der Waals surface area contributed by atoms with Gasteiger partial charge in [-0.15, -0.1) is 30.3 Å². The Morgan fingerprint density at radius 2 is 1.33 bits per heavy atom. The van der Waals surface area contributed by atoms with Gasteiger partial charge in [0.05, 0.1) is 6.33 Å². The minimum atomic E-state index is -1.95. The van der Waals surface area contributed by atoms with E-state index in [2.05, 4.69) is 30.1 Å². The number of amides is 2. The number of nitrogens with one attached hydrogen (secondary N) is 2. The molecule has 3 aromatic rings. The molecule has 2 heterocycles. The number of hydrogen-bond donors (Lipinski definition) is 2. The van der Waals surface area contributed by atoms with Crippen LogP contribution < -0.4 is 10.6 Å². The Bertz CT molecular complexity index is 1500. The van der Waals surface area contributed by atoms with Crippen LogP contribution in [0.2, 0.25) is 0 Å². The Morgan fingerprint density at radius 1 is 0.800 bits per heavy atom. The molecular formula is C26H27N7O12. The molecule has 0 radical (unpaired) electrons. The highest BCUT2D eigenvalue weighted by molar-refractivity contribution is 6.05. The van der Waals surface area contributed by atoms with Gasteiger partial charge in [0.25, 0.3) is 27.1 Å². The number of imidazole rings is 1. The molecule has 4 rings (SSSR count). The molecule has 0 unspecified atom stereocenters. The van der Waals surface area contributed by atoms with Gasteiger partial charge >= 0.3 is 0 Å². The molecule has 0 saturated carbocycles. The van der Waals surface area contributed by atoms with Gasteiger partial charge in [0.2, 0.25) is 0 Å². The van der Waals surface area contributed by atoms with E-state index in [1.54, 1.807) is 0 Å². The predicted octanol–water partition coefficient (Wildman–Crippen LogP) is 1.09. The van der Waals surface area contributed by atoms with Crippen molar-refractivity contribution in [2.24, 2.45) is 0 Å². The number of carbonyl (C=O) groups is 2. The Hall–Kier alpha value is -5.85.